The van der Waals surface area contributed by atoms with E-state index < -0.39 is 0 Å². The molecule has 3 nitrogen and oxygen atoms in total. The van der Waals surface area contributed by atoms with Crippen LogP contribution in [-0.4, -0.2) is 12.9 Å². The smallest absolute Gasteiger partial charge is 0.213 e. The second kappa shape index (κ2) is 7.10. The monoisotopic (exact) mass is 367 g/mol. The van der Waals surface area contributed by atoms with Crippen molar-refractivity contribution in [3.63, 3.8) is 0 Å². The van der Waals surface area contributed by atoms with Crippen molar-refractivity contribution in [3.8, 4) is 11.8 Å². The number of aryl methyl sites for hydroxylation is 1. The van der Waals surface area contributed by atoms with Gasteiger partial charge in [-0.3, -0.25) is 4.79 Å². The Hall–Kier alpha value is -2.61. The van der Waals surface area contributed by atoms with E-state index in [1.54, 1.807) is 43.5 Å². The molecule has 3 aromatic rings. The van der Waals surface area contributed by atoms with Crippen molar-refractivity contribution >= 4 is 44.9 Å². The zero-order valence-electron chi connectivity index (χ0n) is 13.7. The third-order valence-electron chi connectivity index (χ3n) is 3.90. The molecule has 0 spiro atoms. The molecule has 5 heteroatoms. The standard InChI is InChI=1S/C20H14ClNO2S/c1-12-17-10-15(21)5-8-18(17)25-20(12)19(23)14(11-22)9-13-3-6-16(24-2)7-4-13/h3-10H,1-2H3/b14-9-. The molecule has 0 bridgehead atoms. The van der Waals surface area contributed by atoms with Gasteiger partial charge in [0.15, 0.2) is 0 Å². The second-order valence-corrected chi connectivity index (χ2v) is 6.96. The highest BCUT2D eigenvalue weighted by atomic mass is 35.5. The number of nitrogens with zero attached hydrogens (tertiary/aromatic N) is 1. The van der Waals surface area contributed by atoms with Crippen molar-refractivity contribution < 1.29 is 9.53 Å². The first-order valence-electron chi connectivity index (χ1n) is 7.52. The Labute approximate surface area is 154 Å². The van der Waals surface area contributed by atoms with Gasteiger partial charge in [-0.1, -0.05) is 23.7 Å². The van der Waals surface area contributed by atoms with Gasteiger partial charge in [0.25, 0.3) is 0 Å². The summed E-state index contributed by atoms with van der Waals surface area (Å²) in [5.74, 6) is 0.451. The first-order chi connectivity index (χ1) is 12.0. The maximum Gasteiger partial charge on any atom is 0.213 e. The van der Waals surface area contributed by atoms with E-state index in [9.17, 15) is 10.1 Å². The first-order valence-corrected chi connectivity index (χ1v) is 8.72. The van der Waals surface area contributed by atoms with E-state index in [4.69, 9.17) is 16.3 Å². The molecule has 3 rings (SSSR count). The summed E-state index contributed by atoms with van der Waals surface area (Å²) in [4.78, 5) is 13.4. The fourth-order valence-corrected chi connectivity index (χ4v) is 3.86. The molecule has 124 valence electrons. The van der Waals surface area contributed by atoms with Crippen LogP contribution in [0.15, 0.2) is 48.0 Å². The Kier molecular flexibility index (Phi) is 4.89. The third-order valence-corrected chi connectivity index (χ3v) is 5.40. The summed E-state index contributed by atoms with van der Waals surface area (Å²) in [7, 11) is 1.59. The van der Waals surface area contributed by atoms with E-state index >= 15 is 0 Å². The zero-order chi connectivity index (χ0) is 18.0. The van der Waals surface area contributed by atoms with E-state index in [1.165, 1.54) is 11.3 Å². The molecule has 0 atom stereocenters. The minimum absolute atomic E-state index is 0.103. The second-order valence-electron chi connectivity index (χ2n) is 5.47. The van der Waals surface area contributed by atoms with Gasteiger partial charge in [-0.2, -0.15) is 5.26 Å². The predicted molar refractivity (Wildman–Crippen MR) is 102 cm³/mol. The van der Waals surface area contributed by atoms with Crippen LogP contribution in [0.4, 0.5) is 0 Å². The number of fused-ring (bicyclic) bond motifs is 1. The summed E-state index contributed by atoms with van der Waals surface area (Å²) >= 11 is 7.43. The molecule has 0 N–H and O–H groups in total. The number of thiophene rings is 1. The van der Waals surface area contributed by atoms with Gasteiger partial charge in [0.1, 0.15) is 17.4 Å². The molecule has 0 saturated carbocycles. The Morgan fingerprint density at radius 3 is 2.60 bits per heavy atom. The van der Waals surface area contributed by atoms with Crippen molar-refractivity contribution in [2.45, 2.75) is 6.92 Å². The minimum atomic E-state index is -0.270. The summed E-state index contributed by atoms with van der Waals surface area (Å²) in [6.45, 7) is 1.88. The fraction of sp³-hybridized carbons (Fsp3) is 0.100. The Morgan fingerprint density at radius 2 is 1.96 bits per heavy atom. The topological polar surface area (TPSA) is 50.1 Å². The summed E-state index contributed by atoms with van der Waals surface area (Å²) in [5.41, 5.74) is 1.72. The van der Waals surface area contributed by atoms with Gasteiger partial charge in [0.05, 0.1) is 12.0 Å². The van der Waals surface area contributed by atoms with Gasteiger partial charge in [0, 0.05) is 9.72 Å². The number of halogens is 1. The third kappa shape index (κ3) is 3.43. The number of nitriles is 1. The SMILES string of the molecule is COc1ccc(/C=C(/C#N)C(=O)c2sc3ccc(Cl)cc3c2C)cc1. The average molecular weight is 368 g/mol. The van der Waals surface area contributed by atoms with Gasteiger partial charge >= 0.3 is 0 Å². The number of ketones is 1. The number of ether oxygens (including phenoxy) is 1. The van der Waals surface area contributed by atoms with Gasteiger partial charge in [0.2, 0.25) is 5.78 Å². The lowest BCUT2D eigenvalue weighted by Gasteiger charge is -2.01. The molecule has 0 aliphatic rings. The Bertz CT molecular complexity index is 1030. The van der Waals surface area contributed by atoms with Gasteiger partial charge < -0.3 is 4.74 Å². The number of hydrogen-bond acceptors (Lipinski definition) is 4. The molecule has 0 fully saturated rings. The van der Waals surface area contributed by atoms with Crippen LogP contribution in [0.3, 0.4) is 0 Å². The Balaban J connectivity index is 2.01. The number of carbonyl (C=O) groups excluding carboxylic acids is 1. The van der Waals surface area contributed by atoms with Crippen LogP contribution < -0.4 is 4.74 Å². The van der Waals surface area contributed by atoms with Crippen LogP contribution >= 0.6 is 22.9 Å². The van der Waals surface area contributed by atoms with Crippen molar-refractivity contribution in [1.82, 2.24) is 0 Å². The molecule has 0 unspecified atom stereocenters. The molecule has 0 aliphatic carbocycles. The molecule has 0 amide bonds. The van der Waals surface area contributed by atoms with E-state index in [0.29, 0.717) is 9.90 Å². The minimum Gasteiger partial charge on any atom is -0.497 e. The maximum absolute atomic E-state index is 12.8. The lowest BCUT2D eigenvalue weighted by molar-refractivity contribution is 0.104. The van der Waals surface area contributed by atoms with E-state index in [0.717, 1.165) is 27.0 Å². The lowest BCUT2D eigenvalue weighted by Crippen LogP contribution is -2.01. The molecule has 25 heavy (non-hydrogen) atoms. The lowest BCUT2D eigenvalue weighted by atomic mass is 10.0. The van der Waals surface area contributed by atoms with Crippen molar-refractivity contribution in [1.29, 1.82) is 5.26 Å². The highest BCUT2D eigenvalue weighted by molar-refractivity contribution is 7.21. The maximum atomic E-state index is 12.8. The highest BCUT2D eigenvalue weighted by Gasteiger charge is 2.19. The Morgan fingerprint density at radius 1 is 1.24 bits per heavy atom. The van der Waals surface area contributed by atoms with Crippen LogP contribution in [0, 0.1) is 18.3 Å². The van der Waals surface area contributed by atoms with E-state index in [-0.39, 0.29) is 11.4 Å². The summed E-state index contributed by atoms with van der Waals surface area (Å²) < 4.78 is 6.09. The molecule has 0 radical (unpaired) electrons. The number of rotatable bonds is 4. The molecule has 2 aromatic carbocycles. The number of hydrogen-bond donors (Lipinski definition) is 0. The average Bonchev–Trinajstić information content (AvgIpc) is 2.96. The number of benzene rings is 2. The number of carbonyl (C=O) groups is 1. The predicted octanol–water partition coefficient (Wildman–Crippen LogP) is 5.66. The van der Waals surface area contributed by atoms with Gasteiger partial charge in [-0.05, 0) is 59.8 Å². The summed E-state index contributed by atoms with van der Waals surface area (Å²) in [6, 6.07) is 14.8. The summed E-state index contributed by atoms with van der Waals surface area (Å²) in [6.07, 6.45) is 1.60. The molecule has 1 heterocycles. The summed E-state index contributed by atoms with van der Waals surface area (Å²) in [5, 5.41) is 11.0. The number of Topliss-reactive ketones (excluding diaryl/α,β-unsaturated/α-hetero) is 1. The molecule has 0 saturated heterocycles. The van der Waals surface area contributed by atoms with Crippen LogP contribution in [0.1, 0.15) is 20.8 Å². The normalized spacial score (nSPS) is 11.4. The van der Waals surface area contributed by atoms with Crippen molar-refractivity contribution in [3.05, 3.63) is 69.1 Å². The largest absolute Gasteiger partial charge is 0.497 e. The molecular weight excluding hydrogens is 354 g/mol. The molecule has 1 aromatic heterocycles. The van der Waals surface area contributed by atoms with Crippen LogP contribution in [-0.2, 0) is 0 Å². The van der Waals surface area contributed by atoms with Gasteiger partial charge in [-0.25, -0.2) is 0 Å². The molecule has 0 aliphatic heterocycles. The first kappa shape index (κ1) is 17.2. The fourth-order valence-electron chi connectivity index (χ4n) is 2.55. The van der Waals surface area contributed by atoms with E-state index in [2.05, 4.69) is 0 Å². The van der Waals surface area contributed by atoms with E-state index in [1.807, 2.05) is 25.1 Å². The zero-order valence-corrected chi connectivity index (χ0v) is 15.2. The highest BCUT2D eigenvalue weighted by Crippen LogP contribution is 2.34. The van der Waals surface area contributed by atoms with Crippen molar-refractivity contribution in [2.75, 3.05) is 7.11 Å². The molecular formula is C20H14ClNO2S. The van der Waals surface area contributed by atoms with Crippen LogP contribution in [0.2, 0.25) is 5.02 Å². The van der Waals surface area contributed by atoms with Crippen LogP contribution in [0.25, 0.3) is 16.2 Å². The van der Waals surface area contributed by atoms with Gasteiger partial charge in [-0.15, -0.1) is 11.3 Å². The van der Waals surface area contributed by atoms with Crippen molar-refractivity contribution in [2.24, 2.45) is 0 Å². The van der Waals surface area contributed by atoms with Crippen LogP contribution in [0.5, 0.6) is 5.75 Å². The number of methoxy groups -OCH3 is 1. The number of allylic oxidation sites excluding steroid dienone is 1. The quantitative estimate of drug-likeness (QED) is 0.339.